The summed E-state index contributed by atoms with van der Waals surface area (Å²) in [6.07, 6.45) is 2.51. The van der Waals surface area contributed by atoms with E-state index in [0.717, 1.165) is 0 Å². The summed E-state index contributed by atoms with van der Waals surface area (Å²) in [5.74, 6) is -1.55. The lowest BCUT2D eigenvalue weighted by molar-refractivity contribution is -0.141. The fourth-order valence-corrected chi connectivity index (χ4v) is 2.04. The first-order valence-corrected chi connectivity index (χ1v) is 6.04. The molecule has 7 heteroatoms. The van der Waals surface area contributed by atoms with Crippen LogP contribution in [0.15, 0.2) is 0 Å². The maximum Gasteiger partial charge on any atom is 0.315 e. The molecule has 0 aliphatic heterocycles. The van der Waals surface area contributed by atoms with Crippen LogP contribution >= 0.6 is 0 Å². The molecule has 2 atom stereocenters. The Bertz CT molecular complexity index is 332. The van der Waals surface area contributed by atoms with Gasteiger partial charge in [-0.3, -0.25) is 9.59 Å². The summed E-state index contributed by atoms with van der Waals surface area (Å²) >= 11 is 0. The Morgan fingerprint density at radius 3 is 2.56 bits per heavy atom. The Kier molecular flexibility index (Phi) is 5.41. The lowest BCUT2D eigenvalue weighted by atomic mass is 10.1. The van der Waals surface area contributed by atoms with Gasteiger partial charge in [0.2, 0.25) is 5.91 Å². The van der Waals surface area contributed by atoms with Crippen LogP contribution in [-0.2, 0) is 9.59 Å². The van der Waals surface area contributed by atoms with Gasteiger partial charge in [0.05, 0.1) is 5.92 Å². The summed E-state index contributed by atoms with van der Waals surface area (Å²) in [5.41, 5.74) is 4.96. The van der Waals surface area contributed by atoms with Gasteiger partial charge in [-0.2, -0.15) is 0 Å². The van der Waals surface area contributed by atoms with Crippen LogP contribution in [0.2, 0.25) is 0 Å². The number of rotatable bonds is 6. The van der Waals surface area contributed by atoms with Gasteiger partial charge in [0, 0.05) is 19.0 Å². The second-order valence-corrected chi connectivity index (χ2v) is 4.52. The van der Waals surface area contributed by atoms with Crippen molar-refractivity contribution in [2.45, 2.75) is 38.1 Å². The van der Waals surface area contributed by atoms with Crippen LogP contribution in [-0.4, -0.2) is 35.6 Å². The predicted octanol–water partition coefficient (Wildman–Crippen LogP) is -0.196. The molecule has 1 aliphatic carbocycles. The van der Waals surface area contributed by atoms with Gasteiger partial charge in [0.15, 0.2) is 0 Å². The van der Waals surface area contributed by atoms with Crippen molar-refractivity contribution in [1.29, 1.82) is 0 Å². The van der Waals surface area contributed by atoms with Crippen LogP contribution in [0.3, 0.4) is 0 Å². The largest absolute Gasteiger partial charge is 0.481 e. The highest BCUT2D eigenvalue weighted by Crippen LogP contribution is 2.25. The minimum Gasteiger partial charge on any atom is -0.481 e. The van der Waals surface area contributed by atoms with Crippen LogP contribution in [0, 0.1) is 5.92 Å². The minimum atomic E-state index is -0.804. The van der Waals surface area contributed by atoms with Crippen molar-refractivity contribution in [2.24, 2.45) is 11.7 Å². The Morgan fingerprint density at radius 1 is 1.28 bits per heavy atom. The smallest absolute Gasteiger partial charge is 0.315 e. The number of hydrogen-bond donors (Lipinski definition) is 4. The molecule has 1 fully saturated rings. The molecule has 3 amide bonds. The normalized spacial score (nSPS) is 22.4. The van der Waals surface area contributed by atoms with Gasteiger partial charge < -0.3 is 21.5 Å². The molecule has 0 aromatic heterocycles. The van der Waals surface area contributed by atoms with E-state index in [9.17, 15) is 14.4 Å². The van der Waals surface area contributed by atoms with Crippen molar-refractivity contribution in [2.75, 3.05) is 6.54 Å². The Balaban J connectivity index is 2.13. The molecule has 1 rings (SSSR count). The number of carboxylic acids is 1. The summed E-state index contributed by atoms with van der Waals surface area (Å²) < 4.78 is 0. The van der Waals surface area contributed by atoms with E-state index in [2.05, 4.69) is 10.6 Å². The van der Waals surface area contributed by atoms with E-state index >= 15 is 0 Å². The monoisotopic (exact) mass is 257 g/mol. The molecular formula is C11H19N3O4. The number of amides is 3. The number of primary amides is 1. The summed E-state index contributed by atoms with van der Waals surface area (Å²) in [4.78, 5) is 32.6. The van der Waals surface area contributed by atoms with E-state index in [1.807, 2.05) is 0 Å². The number of carbonyl (C=O) groups is 3. The summed E-state index contributed by atoms with van der Waals surface area (Å²) in [5, 5.41) is 14.1. The van der Waals surface area contributed by atoms with Gasteiger partial charge in [-0.25, -0.2) is 4.79 Å². The quantitative estimate of drug-likeness (QED) is 0.492. The zero-order valence-corrected chi connectivity index (χ0v) is 10.1. The summed E-state index contributed by atoms with van der Waals surface area (Å²) in [6, 6.07) is -0.405. The molecule has 0 aromatic carbocycles. The Morgan fingerprint density at radius 2 is 2.00 bits per heavy atom. The van der Waals surface area contributed by atoms with E-state index in [1.165, 1.54) is 0 Å². The van der Waals surface area contributed by atoms with Crippen LogP contribution in [0.5, 0.6) is 0 Å². The van der Waals surface area contributed by atoms with Gasteiger partial charge in [0.1, 0.15) is 0 Å². The number of urea groups is 1. The standard InChI is InChI=1S/C11H19N3O4/c12-9(15)2-1-5-13-11(18)14-8-4-3-7(6-8)10(16)17/h7-8H,1-6H2,(H2,12,15)(H,16,17)(H2,13,14,18). The summed E-state index contributed by atoms with van der Waals surface area (Å²) in [7, 11) is 0. The van der Waals surface area contributed by atoms with Crippen molar-refractivity contribution in [1.82, 2.24) is 10.6 Å². The van der Waals surface area contributed by atoms with Crippen molar-refractivity contribution < 1.29 is 19.5 Å². The third kappa shape index (κ3) is 5.03. The Labute approximate surface area is 105 Å². The lowest BCUT2D eigenvalue weighted by Crippen LogP contribution is -2.41. The molecule has 0 bridgehead atoms. The van der Waals surface area contributed by atoms with Gasteiger partial charge in [0.25, 0.3) is 0 Å². The highest BCUT2D eigenvalue weighted by Gasteiger charge is 2.30. The number of hydrogen-bond acceptors (Lipinski definition) is 3. The van der Waals surface area contributed by atoms with Crippen molar-refractivity contribution in [3.05, 3.63) is 0 Å². The van der Waals surface area contributed by atoms with Gasteiger partial charge >= 0.3 is 12.0 Å². The van der Waals surface area contributed by atoms with Crippen molar-refractivity contribution in [3.63, 3.8) is 0 Å². The highest BCUT2D eigenvalue weighted by molar-refractivity contribution is 5.75. The molecule has 1 saturated carbocycles. The first-order chi connectivity index (χ1) is 8.49. The number of carboxylic acid groups (broad SMARTS) is 1. The third-order valence-electron chi connectivity index (χ3n) is 3.00. The van der Waals surface area contributed by atoms with E-state index < -0.39 is 11.9 Å². The molecule has 7 nitrogen and oxygen atoms in total. The first kappa shape index (κ1) is 14.3. The molecule has 0 radical (unpaired) electrons. The molecule has 0 spiro atoms. The number of nitrogens with two attached hydrogens (primary N) is 1. The zero-order valence-electron chi connectivity index (χ0n) is 10.1. The van der Waals surface area contributed by atoms with E-state index in [-0.39, 0.29) is 24.4 Å². The Hall–Kier alpha value is -1.79. The molecule has 5 N–H and O–H groups in total. The van der Waals surface area contributed by atoms with Crippen LogP contribution in [0.25, 0.3) is 0 Å². The number of carbonyl (C=O) groups excluding carboxylic acids is 2. The van der Waals surface area contributed by atoms with E-state index in [4.69, 9.17) is 10.8 Å². The predicted molar refractivity (Wildman–Crippen MR) is 63.7 cm³/mol. The average Bonchev–Trinajstić information content (AvgIpc) is 2.72. The lowest BCUT2D eigenvalue weighted by Gasteiger charge is -2.13. The average molecular weight is 257 g/mol. The van der Waals surface area contributed by atoms with E-state index in [0.29, 0.717) is 32.2 Å². The second-order valence-electron chi connectivity index (χ2n) is 4.52. The third-order valence-corrected chi connectivity index (χ3v) is 3.00. The molecule has 0 heterocycles. The highest BCUT2D eigenvalue weighted by atomic mass is 16.4. The summed E-state index contributed by atoms with van der Waals surface area (Å²) in [6.45, 7) is 0.379. The minimum absolute atomic E-state index is 0.0813. The molecule has 0 aromatic rings. The van der Waals surface area contributed by atoms with Gasteiger partial charge in [-0.1, -0.05) is 0 Å². The number of aliphatic carboxylic acids is 1. The fraction of sp³-hybridized carbons (Fsp3) is 0.727. The maximum absolute atomic E-state index is 11.4. The SMILES string of the molecule is NC(=O)CCCNC(=O)NC1CCC(C(=O)O)C1. The fourth-order valence-electron chi connectivity index (χ4n) is 2.04. The van der Waals surface area contributed by atoms with Gasteiger partial charge in [-0.15, -0.1) is 0 Å². The van der Waals surface area contributed by atoms with Crippen molar-refractivity contribution in [3.8, 4) is 0 Å². The molecule has 0 saturated heterocycles. The maximum atomic E-state index is 11.4. The molecule has 102 valence electrons. The molecular weight excluding hydrogens is 238 g/mol. The van der Waals surface area contributed by atoms with Gasteiger partial charge in [-0.05, 0) is 25.7 Å². The van der Waals surface area contributed by atoms with E-state index in [1.54, 1.807) is 0 Å². The topological polar surface area (TPSA) is 122 Å². The van der Waals surface area contributed by atoms with Crippen LogP contribution in [0.4, 0.5) is 4.79 Å². The first-order valence-electron chi connectivity index (χ1n) is 6.04. The van der Waals surface area contributed by atoms with Crippen molar-refractivity contribution >= 4 is 17.9 Å². The van der Waals surface area contributed by atoms with Crippen LogP contribution in [0.1, 0.15) is 32.1 Å². The zero-order chi connectivity index (χ0) is 13.5. The second kappa shape index (κ2) is 6.83. The number of nitrogens with one attached hydrogen (secondary N) is 2. The molecule has 1 aliphatic rings. The molecule has 2 unspecified atom stereocenters. The molecule has 18 heavy (non-hydrogen) atoms. The van der Waals surface area contributed by atoms with Crippen LogP contribution < -0.4 is 16.4 Å².